The lowest BCUT2D eigenvalue weighted by molar-refractivity contribution is -0.124. The molecule has 0 rings (SSSR count). The molecule has 9 nitrogen and oxygen atoms in total. The Morgan fingerprint density at radius 2 is 0.889 bits per heavy atom. The smallest absolute Gasteiger partial charge is 0.233 e. The van der Waals surface area contributed by atoms with Gasteiger partial charge in [0.05, 0.1) is 32.7 Å². The molecule has 0 saturated heterocycles. The number of aldehydes is 1. The molecule has 0 spiro atoms. The van der Waals surface area contributed by atoms with Crippen molar-refractivity contribution in [2.45, 2.75) is 81.6 Å². The molecule has 214 valence electrons. The van der Waals surface area contributed by atoms with Gasteiger partial charge in [-0.2, -0.15) is 0 Å². The number of ketones is 3. The first-order chi connectivity index (χ1) is 17.3. The van der Waals surface area contributed by atoms with Gasteiger partial charge < -0.3 is 10.1 Å². The van der Waals surface area contributed by atoms with Gasteiger partial charge in [0.15, 0.2) is 0 Å². The summed E-state index contributed by atoms with van der Waals surface area (Å²) in [6.07, 6.45) is 2.02. The number of carbonyl (C=O) groups excluding carboxylic acids is 5. The number of hydrogen-bond donors (Lipinski definition) is 1. The zero-order valence-corrected chi connectivity index (χ0v) is 24.9. The number of nitrogens with one attached hydrogen (secondary N) is 1. The minimum absolute atomic E-state index is 0.0446. The van der Waals surface area contributed by atoms with Crippen molar-refractivity contribution in [2.24, 2.45) is 0 Å². The molecule has 0 heterocycles. The standard InChI is InChI=1S/C21H38N4O5.3C2H6/c1-5-18(27)14-24(15-19(28)6-2)10-8-23(12-13-26)9-11-25(16-20(29)7-3)17-21(30)22-4;3*1-2/h13H,5-12,14-17H2,1-4H3,(H,22,30);3*1-2H3. The van der Waals surface area contributed by atoms with E-state index in [-0.39, 0.29) is 56.0 Å². The highest BCUT2D eigenvalue weighted by molar-refractivity contribution is 5.83. The van der Waals surface area contributed by atoms with E-state index >= 15 is 0 Å². The van der Waals surface area contributed by atoms with E-state index in [4.69, 9.17) is 0 Å². The van der Waals surface area contributed by atoms with Crippen LogP contribution >= 0.6 is 0 Å². The molecule has 0 aromatic heterocycles. The van der Waals surface area contributed by atoms with Crippen LogP contribution in [0.15, 0.2) is 0 Å². The first kappa shape index (κ1) is 41.2. The van der Waals surface area contributed by atoms with E-state index in [2.05, 4.69) is 5.32 Å². The number of Topliss-reactive ketones (excluding diaryl/α,β-unsaturated/α-hetero) is 3. The van der Waals surface area contributed by atoms with Crippen molar-refractivity contribution in [3.05, 3.63) is 0 Å². The van der Waals surface area contributed by atoms with Gasteiger partial charge in [0.1, 0.15) is 23.6 Å². The van der Waals surface area contributed by atoms with Gasteiger partial charge in [0.25, 0.3) is 0 Å². The molecular weight excluding hydrogens is 460 g/mol. The Balaban J connectivity index is -0.000000787. The third-order valence-corrected chi connectivity index (χ3v) is 4.83. The average molecular weight is 517 g/mol. The van der Waals surface area contributed by atoms with Gasteiger partial charge in [0, 0.05) is 52.5 Å². The lowest BCUT2D eigenvalue weighted by Crippen LogP contribution is -2.45. The second kappa shape index (κ2) is 31.1. The summed E-state index contributed by atoms with van der Waals surface area (Å²) in [5, 5.41) is 2.55. The van der Waals surface area contributed by atoms with Crippen molar-refractivity contribution in [1.29, 1.82) is 0 Å². The van der Waals surface area contributed by atoms with E-state index < -0.39 is 0 Å². The second-order valence-corrected chi connectivity index (χ2v) is 7.24. The second-order valence-electron chi connectivity index (χ2n) is 7.24. The maximum atomic E-state index is 11.8. The maximum absolute atomic E-state index is 11.8. The quantitative estimate of drug-likeness (QED) is 0.261. The summed E-state index contributed by atoms with van der Waals surface area (Å²) in [5.74, 6) is -0.00214. The van der Waals surface area contributed by atoms with Gasteiger partial charge in [-0.25, -0.2) is 0 Å². The third-order valence-electron chi connectivity index (χ3n) is 4.83. The van der Waals surface area contributed by atoms with Crippen molar-refractivity contribution in [3.63, 3.8) is 0 Å². The zero-order chi connectivity index (χ0) is 28.9. The fourth-order valence-corrected chi connectivity index (χ4v) is 2.76. The van der Waals surface area contributed by atoms with Crippen LogP contribution in [0.4, 0.5) is 0 Å². The lowest BCUT2D eigenvalue weighted by atomic mass is 10.2. The van der Waals surface area contributed by atoms with Crippen LogP contribution in [0.5, 0.6) is 0 Å². The molecule has 0 saturated carbocycles. The largest absolute Gasteiger partial charge is 0.358 e. The number of likely N-dealkylation sites (N-methyl/N-ethyl adjacent to an activating group) is 1. The summed E-state index contributed by atoms with van der Waals surface area (Å²) in [5.41, 5.74) is 0. The highest BCUT2D eigenvalue weighted by Crippen LogP contribution is 1.99. The van der Waals surface area contributed by atoms with Gasteiger partial charge in [-0.05, 0) is 0 Å². The summed E-state index contributed by atoms with van der Waals surface area (Å²) in [6.45, 7) is 20.2. The molecule has 0 aromatic carbocycles. The predicted octanol–water partition coefficient (Wildman–Crippen LogP) is 2.85. The van der Waals surface area contributed by atoms with Crippen molar-refractivity contribution in [3.8, 4) is 0 Å². The van der Waals surface area contributed by atoms with E-state index in [1.165, 1.54) is 0 Å². The van der Waals surface area contributed by atoms with Gasteiger partial charge in [-0.1, -0.05) is 62.3 Å². The van der Waals surface area contributed by atoms with Crippen LogP contribution < -0.4 is 5.32 Å². The van der Waals surface area contributed by atoms with Crippen LogP contribution in [-0.2, 0) is 24.0 Å². The Labute approximate surface area is 221 Å². The summed E-state index contributed by atoms with van der Waals surface area (Å²) in [7, 11) is 1.55. The zero-order valence-electron chi connectivity index (χ0n) is 24.9. The van der Waals surface area contributed by atoms with Gasteiger partial charge in [-0.15, -0.1) is 0 Å². The van der Waals surface area contributed by atoms with E-state index in [1.54, 1.807) is 32.7 Å². The molecular formula is C27H56N4O5. The van der Waals surface area contributed by atoms with Gasteiger partial charge in [-0.3, -0.25) is 33.9 Å². The lowest BCUT2D eigenvalue weighted by Gasteiger charge is -2.28. The summed E-state index contributed by atoms with van der Waals surface area (Å²) in [4.78, 5) is 63.8. The minimum atomic E-state index is -0.178. The Kier molecular flexibility index (Phi) is 35.5. The highest BCUT2D eigenvalue weighted by Gasteiger charge is 2.17. The topological polar surface area (TPSA) is 107 Å². The Morgan fingerprint density at radius 1 is 0.583 bits per heavy atom. The molecule has 0 aliphatic carbocycles. The van der Waals surface area contributed by atoms with E-state index in [1.807, 2.05) is 51.3 Å². The monoisotopic (exact) mass is 516 g/mol. The molecule has 0 radical (unpaired) electrons. The minimum Gasteiger partial charge on any atom is -0.358 e. The van der Waals surface area contributed by atoms with E-state index in [0.717, 1.165) is 6.29 Å². The fourth-order valence-electron chi connectivity index (χ4n) is 2.76. The van der Waals surface area contributed by atoms with Crippen LogP contribution in [0.25, 0.3) is 0 Å². The van der Waals surface area contributed by atoms with Crippen molar-refractivity contribution in [1.82, 2.24) is 20.0 Å². The predicted molar refractivity (Wildman–Crippen MR) is 149 cm³/mol. The molecule has 36 heavy (non-hydrogen) atoms. The molecule has 0 atom stereocenters. The van der Waals surface area contributed by atoms with Gasteiger partial charge >= 0.3 is 0 Å². The Bertz CT molecular complexity index is 490. The summed E-state index contributed by atoms with van der Waals surface area (Å²) in [6, 6.07) is 0. The Hall–Kier alpha value is -1.97. The molecule has 0 aromatic rings. The van der Waals surface area contributed by atoms with Crippen LogP contribution in [0.1, 0.15) is 81.6 Å². The molecule has 1 N–H and O–H groups in total. The number of hydrogen-bond acceptors (Lipinski definition) is 8. The molecule has 9 heteroatoms. The number of nitrogens with zero attached hydrogens (tertiary/aromatic N) is 3. The highest BCUT2D eigenvalue weighted by atomic mass is 16.2. The third kappa shape index (κ3) is 25.1. The molecule has 0 bridgehead atoms. The van der Waals surface area contributed by atoms with Crippen LogP contribution in [0.2, 0.25) is 0 Å². The van der Waals surface area contributed by atoms with Crippen molar-refractivity contribution in [2.75, 3.05) is 66.0 Å². The summed E-state index contributed by atoms with van der Waals surface area (Å²) >= 11 is 0. The number of carbonyl (C=O) groups is 5. The fraction of sp³-hybridized carbons (Fsp3) is 0.815. The van der Waals surface area contributed by atoms with E-state index in [9.17, 15) is 24.0 Å². The van der Waals surface area contributed by atoms with Crippen LogP contribution in [0.3, 0.4) is 0 Å². The molecule has 0 unspecified atom stereocenters. The van der Waals surface area contributed by atoms with Gasteiger partial charge in [0.2, 0.25) is 5.91 Å². The summed E-state index contributed by atoms with van der Waals surface area (Å²) < 4.78 is 0. The SMILES string of the molecule is CC.CC.CC.CCC(=O)CN(CCN(CC=O)CCN(CC(=O)CC)CC(=O)NC)CC(=O)CC. The van der Waals surface area contributed by atoms with Crippen LogP contribution in [-0.4, -0.2) is 110 Å². The van der Waals surface area contributed by atoms with Crippen molar-refractivity contribution >= 4 is 29.5 Å². The van der Waals surface area contributed by atoms with E-state index in [0.29, 0.717) is 45.4 Å². The first-order valence-electron chi connectivity index (χ1n) is 13.7. The van der Waals surface area contributed by atoms with Crippen LogP contribution in [0, 0.1) is 0 Å². The molecule has 0 aliphatic heterocycles. The molecule has 0 aliphatic rings. The first-order valence-corrected chi connectivity index (χ1v) is 13.7. The average Bonchev–Trinajstić information content (AvgIpc) is 2.92. The normalized spacial score (nSPS) is 9.81. The number of amides is 1. The maximum Gasteiger partial charge on any atom is 0.233 e. The molecule has 0 fully saturated rings. The van der Waals surface area contributed by atoms with Crippen molar-refractivity contribution < 1.29 is 24.0 Å². The Morgan fingerprint density at radius 3 is 1.17 bits per heavy atom. The number of rotatable bonds is 19. The molecule has 1 amide bonds.